The fourth-order valence-corrected chi connectivity index (χ4v) is 4.79. The van der Waals surface area contributed by atoms with Gasteiger partial charge in [0.1, 0.15) is 6.61 Å². The number of carbonyl (C=O) groups is 2. The minimum atomic E-state index is -0.308. The molecule has 6 nitrogen and oxygen atoms in total. The van der Waals surface area contributed by atoms with Crippen molar-refractivity contribution in [2.45, 2.75) is 20.1 Å². The highest BCUT2D eigenvalue weighted by Gasteiger charge is 2.35. The molecule has 1 aliphatic rings. The topological polar surface area (TPSA) is 68.7 Å². The number of hydrogen-bond donors (Lipinski definition) is 0. The molecule has 4 rings (SSSR count). The molecular weight excluding hydrogens is 504 g/mol. The lowest BCUT2D eigenvalue weighted by atomic mass is 10.1. The molecule has 0 atom stereocenters. The van der Waals surface area contributed by atoms with Crippen LogP contribution in [0.3, 0.4) is 0 Å². The van der Waals surface area contributed by atoms with E-state index in [1.165, 1.54) is 4.90 Å². The van der Waals surface area contributed by atoms with Gasteiger partial charge in [0.05, 0.1) is 28.7 Å². The predicted octanol–water partition coefficient (Wildman–Crippen LogP) is 5.98. The maximum absolute atomic E-state index is 12.9. The van der Waals surface area contributed by atoms with E-state index in [0.717, 1.165) is 28.6 Å². The lowest BCUT2D eigenvalue weighted by Crippen LogP contribution is -2.27. The van der Waals surface area contributed by atoms with Crippen molar-refractivity contribution < 1.29 is 19.1 Å². The van der Waals surface area contributed by atoms with Crippen molar-refractivity contribution in [3.63, 3.8) is 0 Å². The first-order chi connectivity index (χ1) is 15.9. The molecule has 2 heterocycles. The van der Waals surface area contributed by atoms with Gasteiger partial charge in [-0.15, -0.1) is 0 Å². The molecular formula is C25H21BrN2O4S. The van der Waals surface area contributed by atoms with Gasteiger partial charge in [0.15, 0.2) is 11.5 Å². The zero-order valence-corrected chi connectivity index (χ0v) is 20.5. The first-order valence-corrected chi connectivity index (χ1v) is 11.8. The standard InChI is InChI=1S/C25H21BrN2O4S/c1-16-6-5-7-17(10-16)14-28-24(29)22(33-25(28)30)13-18-11-20(26)23(21(12-18)31-2)32-15-19-8-3-4-9-27-19/h3-13H,14-15H2,1-2H3/b22-13-. The Kier molecular flexibility index (Phi) is 7.15. The summed E-state index contributed by atoms with van der Waals surface area (Å²) in [6.07, 6.45) is 3.40. The summed E-state index contributed by atoms with van der Waals surface area (Å²) in [6.45, 7) is 2.51. The van der Waals surface area contributed by atoms with E-state index in [0.29, 0.717) is 26.4 Å². The van der Waals surface area contributed by atoms with Crippen molar-refractivity contribution in [1.29, 1.82) is 0 Å². The van der Waals surface area contributed by atoms with Crippen molar-refractivity contribution >= 4 is 44.9 Å². The summed E-state index contributed by atoms with van der Waals surface area (Å²) in [5.74, 6) is 0.732. The van der Waals surface area contributed by atoms with Gasteiger partial charge in [0.2, 0.25) is 0 Å². The molecule has 168 valence electrons. The van der Waals surface area contributed by atoms with Crippen molar-refractivity contribution in [1.82, 2.24) is 9.88 Å². The Hall–Kier alpha value is -3.10. The Bertz CT molecular complexity index is 1230. The molecule has 1 saturated heterocycles. The zero-order valence-electron chi connectivity index (χ0n) is 18.1. The number of aryl methyl sites for hydroxylation is 1. The van der Waals surface area contributed by atoms with Crippen LogP contribution in [-0.4, -0.2) is 28.1 Å². The van der Waals surface area contributed by atoms with Crippen LogP contribution in [0, 0.1) is 6.92 Å². The van der Waals surface area contributed by atoms with Crippen LogP contribution in [0.5, 0.6) is 11.5 Å². The Morgan fingerprint density at radius 3 is 2.70 bits per heavy atom. The molecule has 0 bridgehead atoms. The van der Waals surface area contributed by atoms with Crippen molar-refractivity contribution in [3.05, 3.63) is 92.6 Å². The quantitative estimate of drug-likeness (QED) is 0.354. The largest absolute Gasteiger partial charge is 0.493 e. The molecule has 1 aliphatic heterocycles. The van der Waals surface area contributed by atoms with Crippen molar-refractivity contribution in [3.8, 4) is 11.5 Å². The third-order valence-corrected chi connectivity index (χ3v) is 6.43. The Morgan fingerprint density at radius 2 is 1.97 bits per heavy atom. The highest BCUT2D eigenvalue weighted by molar-refractivity contribution is 9.10. The Morgan fingerprint density at radius 1 is 1.12 bits per heavy atom. The zero-order chi connectivity index (χ0) is 23.4. The third kappa shape index (κ3) is 5.46. The molecule has 3 aromatic rings. The van der Waals surface area contributed by atoms with Crippen molar-refractivity contribution in [2.75, 3.05) is 7.11 Å². The number of thioether (sulfide) groups is 1. The number of imide groups is 1. The number of halogens is 1. The predicted molar refractivity (Wildman–Crippen MR) is 132 cm³/mol. The van der Waals surface area contributed by atoms with E-state index >= 15 is 0 Å². The average Bonchev–Trinajstić information content (AvgIpc) is 3.06. The van der Waals surface area contributed by atoms with Gasteiger partial charge in [-0.1, -0.05) is 35.9 Å². The molecule has 1 fully saturated rings. The molecule has 0 aliphatic carbocycles. The van der Waals surface area contributed by atoms with Crippen LogP contribution in [0.25, 0.3) is 6.08 Å². The van der Waals surface area contributed by atoms with Crippen LogP contribution >= 0.6 is 27.7 Å². The van der Waals surface area contributed by atoms with Gasteiger partial charge in [-0.25, -0.2) is 0 Å². The van der Waals surface area contributed by atoms with Crippen LogP contribution in [0.4, 0.5) is 4.79 Å². The number of methoxy groups -OCH3 is 1. The van der Waals surface area contributed by atoms with Crippen molar-refractivity contribution in [2.24, 2.45) is 0 Å². The fourth-order valence-electron chi connectivity index (χ4n) is 3.37. The van der Waals surface area contributed by atoms with Crippen LogP contribution in [0.1, 0.15) is 22.4 Å². The van der Waals surface area contributed by atoms with E-state index in [9.17, 15) is 9.59 Å². The summed E-state index contributed by atoms with van der Waals surface area (Å²) in [5.41, 5.74) is 3.50. The number of aromatic nitrogens is 1. The SMILES string of the molecule is COc1cc(/C=C2\SC(=O)N(Cc3cccc(C)c3)C2=O)cc(Br)c1OCc1ccccn1. The molecule has 0 saturated carbocycles. The molecule has 1 aromatic heterocycles. The number of carbonyl (C=O) groups excluding carboxylic acids is 2. The highest BCUT2D eigenvalue weighted by Crippen LogP contribution is 2.39. The first kappa shape index (κ1) is 23.1. The molecule has 0 unspecified atom stereocenters. The third-order valence-electron chi connectivity index (χ3n) is 4.94. The molecule has 2 amide bonds. The van der Waals surface area contributed by atoms with Gasteiger partial charge in [-0.05, 0) is 76.1 Å². The second-order valence-electron chi connectivity index (χ2n) is 7.40. The van der Waals surface area contributed by atoms with Gasteiger partial charge >= 0.3 is 0 Å². The van der Waals surface area contributed by atoms with Gasteiger partial charge in [0.25, 0.3) is 11.1 Å². The molecule has 2 aromatic carbocycles. The summed E-state index contributed by atoms with van der Waals surface area (Å²) in [5, 5.41) is -0.283. The van der Waals surface area contributed by atoms with Crippen LogP contribution in [0.2, 0.25) is 0 Å². The summed E-state index contributed by atoms with van der Waals surface area (Å²) < 4.78 is 12.1. The van der Waals surface area contributed by atoms with Crippen LogP contribution in [-0.2, 0) is 17.9 Å². The van der Waals surface area contributed by atoms with E-state index in [-0.39, 0.29) is 24.3 Å². The molecule has 0 spiro atoms. The van der Waals surface area contributed by atoms with Gasteiger partial charge < -0.3 is 9.47 Å². The maximum Gasteiger partial charge on any atom is 0.293 e. The lowest BCUT2D eigenvalue weighted by molar-refractivity contribution is -0.123. The number of hydrogen-bond acceptors (Lipinski definition) is 6. The summed E-state index contributed by atoms with van der Waals surface area (Å²) in [4.78, 5) is 31.3. The maximum atomic E-state index is 12.9. The van der Waals surface area contributed by atoms with E-state index in [1.54, 1.807) is 25.4 Å². The lowest BCUT2D eigenvalue weighted by Gasteiger charge is -2.14. The Labute approximate surface area is 204 Å². The van der Waals surface area contributed by atoms with E-state index < -0.39 is 0 Å². The number of amides is 2. The minimum Gasteiger partial charge on any atom is -0.493 e. The van der Waals surface area contributed by atoms with E-state index in [4.69, 9.17) is 9.47 Å². The molecule has 0 N–H and O–H groups in total. The van der Waals surface area contributed by atoms with Crippen LogP contribution < -0.4 is 9.47 Å². The summed E-state index contributed by atoms with van der Waals surface area (Å²) in [7, 11) is 1.55. The highest BCUT2D eigenvalue weighted by atomic mass is 79.9. The van der Waals surface area contributed by atoms with Gasteiger partial charge in [-0.2, -0.15) is 0 Å². The van der Waals surface area contributed by atoms with E-state index in [2.05, 4.69) is 20.9 Å². The number of ether oxygens (including phenoxy) is 2. The second kappa shape index (κ2) is 10.2. The number of benzene rings is 2. The fraction of sp³-hybridized carbons (Fsp3) is 0.160. The normalized spacial score (nSPS) is 14.8. The van der Waals surface area contributed by atoms with E-state index in [1.807, 2.05) is 55.5 Å². The first-order valence-electron chi connectivity index (χ1n) is 10.2. The number of pyridine rings is 1. The molecule has 0 radical (unpaired) electrons. The summed E-state index contributed by atoms with van der Waals surface area (Å²) >= 11 is 4.46. The monoisotopic (exact) mass is 524 g/mol. The minimum absolute atomic E-state index is 0.247. The second-order valence-corrected chi connectivity index (χ2v) is 9.25. The van der Waals surface area contributed by atoms with Crippen LogP contribution in [0.15, 0.2) is 70.2 Å². The Balaban J connectivity index is 1.54. The summed E-state index contributed by atoms with van der Waals surface area (Å²) in [6, 6.07) is 17.0. The molecule has 33 heavy (non-hydrogen) atoms. The molecule has 8 heteroatoms. The van der Waals surface area contributed by atoms with Gasteiger partial charge in [-0.3, -0.25) is 19.5 Å². The van der Waals surface area contributed by atoms with Gasteiger partial charge in [0, 0.05) is 6.20 Å². The smallest absolute Gasteiger partial charge is 0.293 e. The number of rotatable bonds is 7. The number of nitrogens with zero attached hydrogens (tertiary/aromatic N) is 2. The average molecular weight is 525 g/mol.